The SMILES string of the molecule is CC(OC(=O)c1ccc(OCC(F)(F)F)nc1)C(N)=O. The van der Waals surface area contributed by atoms with Crippen molar-refractivity contribution in [1.29, 1.82) is 0 Å². The zero-order chi connectivity index (χ0) is 15.3. The van der Waals surface area contributed by atoms with Gasteiger partial charge in [-0.3, -0.25) is 4.79 Å². The number of hydrogen-bond donors (Lipinski definition) is 1. The molecule has 0 bridgehead atoms. The van der Waals surface area contributed by atoms with Crippen molar-refractivity contribution in [3.8, 4) is 5.88 Å². The van der Waals surface area contributed by atoms with Crippen molar-refractivity contribution in [1.82, 2.24) is 4.98 Å². The maximum Gasteiger partial charge on any atom is 0.422 e. The fourth-order valence-electron chi connectivity index (χ4n) is 1.03. The van der Waals surface area contributed by atoms with Crippen LogP contribution >= 0.6 is 0 Å². The van der Waals surface area contributed by atoms with E-state index in [9.17, 15) is 22.8 Å². The van der Waals surface area contributed by atoms with E-state index in [1.165, 1.54) is 6.92 Å². The van der Waals surface area contributed by atoms with Gasteiger partial charge in [0.2, 0.25) is 5.88 Å². The summed E-state index contributed by atoms with van der Waals surface area (Å²) in [6, 6.07) is 2.24. The van der Waals surface area contributed by atoms with E-state index in [-0.39, 0.29) is 11.4 Å². The normalized spacial score (nSPS) is 12.6. The maximum atomic E-state index is 11.9. The van der Waals surface area contributed by atoms with Crippen LogP contribution in [0.2, 0.25) is 0 Å². The molecule has 1 atom stereocenters. The molecule has 1 heterocycles. The van der Waals surface area contributed by atoms with Crippen LogP contribution in [-0.4, -0.2) is 35.7 Å². The number of rotatable bonds is 5. The molecule has 0 saturated carbocycles. The molecule has 0 aliphatic carbocycles. The van der Waals surface area contributed by atoms with E-state index < -0.39 is 30.8 Å². The minimum Gasteiger partial charge on any atom is -0.468 e. The second kappa shape index (κ2) is 6.22. The first-order valence-electron chi connectivity index (χ1n) is 5.35. The van der Waals surface area contributed by atoms with Gasteiger partial charge in [0.25, 0.3) is 5.91 Å². The summed E-state index contributed by atoms with van der Waals surface area (Å²) in [5.41, 5.74) is 4.86. The number of aromatic nitrogens is 1. The van der Waals surface area contributed by atoms with Crippen molar-refractivity contribution in [3.05, 3.63) is 23.9 Å². The van der Waals surface area contributed by atoms with E-state index in [0.29, 0.717) is 0 Å². The van der Waals surface area contributed by atoms with Gasteiger partial charge in [-0.25, -0.2) is 9.78 Å². The largest absolute Gasteiger partial charge is 0.468 e. The maximum absolute atomic E-state index is 11.9. The Balaban J connectivity index is 2.62. The highest BCUT2D eigenvalue weighted by atomic mass is 19.4. The van der Waals surface area contributed by atoms with Crippen LogP contribution in [0.4, 0.5) is 13.2 Å². The van der Waals surface area contributed by atoms with Crippen molar-refractivity contribution < 1.29 is 32.2 Å². The van der Waals surface area contributed by atoms with Gasteiger partial charge in [0, 0.05) is 12.3 Å². The zero-order valence-corrected chi connectivity index (χ0v) is 10.3. The average Bonchev–Trinajstić information content (AvgIpc) is 2.35. The molecule has 20 heavy (non-hydrogen) atoms. The van der Waals surface area contributed by atoms with Crippen LogP contribution in [0.25, 0.3) is 0 Å². The number of primary amides is 1. The first kappa shape index (κ1) is 15.7. The molecule has 0 spiro atoms. The third-order valence-corrected chi connectivity index (χ3v) is 2.04. The molecule has 110 valence electrons. The lowest BCUT2D eigenvalue weighted by atomic mass is 10.3. The Morgan fingerprint density at radius 3 is 2.50 bits per heavy atom. The number of carbonyl (C=O) groups excluding carboxylic acids is 2. The van der Waals surface area contributed by atoms with E-state index in [4.69, 9.17) is 5.73 Å². The molecular formula is C11H11F3N2O4. The second-order valence-corrected chi connectivity index (χ2v) is 3.74. The molecule has 0 aliphatic heterocycles. The van der Waals surface area contributed by atoms with Gasteiger partial charge in [-0.05, 0) is 13.0 Å². The molecular weight excluding hydrogens is 281 g/mol. The van der Waals surface area contributed by atoms with Crippen LogP contribution in [0.3, 0.4) is 0 Å². The highest BCUT2D eigenvalue weighted by Crippen LogP contribution is 2.17. The Bertz CT molecular complexity index is 487. The number of amides is 1. The number of pyridine rings is 1. The van der Waals surface area contributed by atoms with Gasteiger partial charge in [0.05, 0.1) is 5.56 Å². The fraction of sp³-hybridized carbons (Fsp3) is 0.364. The Hall–Kier alpha value is -2.32. The number of hydrogen-bond acceptors (Lipinski definition) is 5. The third kappa shape index (κ3) is 5.12. The van der Waals surface area contributed by atoms with Crippen LogP contribution in [0.1, 0.15) is 17.3 Å². The average molecular weight is 292 g/mol. The van der Waals surface area contributed by atoms with E-state index in [1.54, 1.807) is 0 Å². The topological polar surface area (TPSA) is 91.5 Å². The Morgan fingerprint density at radius 2 is 2.05 bits per heavy atom. The molecule has 1 unspecified atom stereocenters. The Morgan fingerprint density at radius 1 is 1.40 bits per heavy atom. The van der Waals surface area contributed by atoms with Crippen LogP contribution in [0.15, 0.2) is 18.3 Å². The van der Waals surface area contributed by atoms with E-state index in [1.807, 2.05) is 0 Å². The van der Waals surface area contributed by atoms with E-state index in [0.717, 1.165) is 18.3 Å². The van der Waals surface area contributed by atoms with E-state index in [2.05, 4.69) is 14.5 Å². The summed E-state index contributed by atoms with van der Waals surface area (Å²) >= 11 is 0. The number of nitrogens with zero attached hydrogens (tertiary/aromatic N) is 1. The highest BCUT2D eigenvalue weighted by molar-refractivity contribution is 5.91. The van der Waals surface area contributed by atoms with Gasteiger partial charge in [-0.15, -0.1) is 0 Å². The van der Waals surface area contributed by atoms with Crippen molar-refractivity contribution in [2.24, 2.45) is 5.73 Å². The van der Waals surface area contributed by atoms with Gasteiger partial charge in [0.15, 0.2) is 12.7 Å². The van der Waals surface area contributed by atoms with Gasteiger partial charge in [-0.2, -0.15) is 13.2 Å². The number of alkyl halides is 3. The first-order chi connectivity index (χ1) is 9.19. The van der Waals surface area contributed by atoms with Gasteiger partial charge >= 0.3 is 12.1 Å². The van der Waals surface area contributed by atoms with Gasteiger partial charge in [0.1, 0.15) is 0 Å². The Labute approximate surface area is 111 Å². The first-order valence-corrected chi connectivity index (χ1v) is 5.35. The predicted octanol–water partition coefficient (Wildman–Crippen LogP) is 1.05. The summed E-state index contributed by atoms with van der Waals surface area (Å²) in [7, 11) is 0. The molecule has 0 saturated heterocycles. The molecule has 0 radical (unpaired) electrons. The van der Waals surface area contributed by atoms with Crippen LogP contribution in [0.5, 0.6) is 5.88 Å². The van der Waals surface area contributed by atoms with Gasteiger partial charge in [-0.1, -0.05) is 0 Å². The number of halogens is 3. The lowest BCUT2D eigenvalue weighted by Gasteiger charge is -2.10. The minimum atomic E-state index is -4.48. The summed E-state index contributed by atoms with van der Waals surface area (Å²) in [4.78, 5) is 25.7. The lowest BCUT2D eigenvalue weighted by Crippen LogP contribution is -2.30. The molecule has 0 fully saturated rings. The quantitative estimate of drug-likeness (QED) is 0.819. The van der Waals surface area contributed by atoms with Crippen LogP contribution in [0, 0.1) is 0 Å². The molecule has 1 aromatic rings. The zero-order valence-electron chi connectivity index (χ0n) is 10.3. The number of ether oxygens (including phenoxy) is 2. The van der Waals surface area contributed by atoms with Crippen molar-refractivity contribution >= 4 is 11.9 Å². The molecule has 1 amide bonds. The van der Waals surface area contributed by atoms with Crippen molar-refractivity contribution in [3.63, 3.8) is 0 Å². The highest BCUT2D eigenvalue weighted by Gasteiger charge is 2.28. The number of esters is 1. The second-order valence-electron chi connectivity index (χ2n) is 3.74. The molecule has 6 nitrogen and oxygen atoms in total. The standard InChI is InChI=1S/C11H11F3N2O4/c1-6(9(15)17)20-10(18)7-2-3-8(16-4-7)19-5-11(12,13)14/h2-4,6H,5H2,1H3,(H2,15,17). The minimum absolute atomic E-state index is 0.0440. The lowest BCUT2D eigenvalue weighted by molar-refractivity contribution is -0.154. The number of carbonyl (C=O) groups is 2. The molecule has 1 aromatic heterocycles. The summed E-state index contributed by atoms with van der Waals surface area (Å²) in [6.07, 6.45) is -4.62. The summed E-state index contributed by atoms with van der Waals surface area (Å²) in [6.45, 7) is -0.197. The Kier molecular flexibility index (Phi) is 4.89. The third-order valence-electron chi connectivity index (χ3n) is 2.04. The predicted molar refractivity (Wildman–Crippen MR) is 59.9 cm³/mol. The summed E-state index contributed by atoms with van der Waals surface area (Å²) in [5.74, 6) is -1.98. The monoisotopic (exact) mass is 292 g/mol. The molecule has 9 heteroatoms. The number of nitrogens with two attached hydrogens (primary N) is 1. The molecule has 0 aliphatic rings. The smallest absolute Gasteiger partial charge is 0.422 e. The van der Waals surface area contributed by atoms with Crippen molar-refractivity contribution in [2.45, 2.75) is 19.2 Å². The molecule has 2 N–H and O–H groups in total. The molecule has 0 aromatic carbocycles. The summed E-state index contributed by atoms with van der Waals surface area (Å²) < 4.78 is 44.7. The van der Waals surface area contributed by atoms with Crippen molar-refractivity contribution in [2.75, 3.05) is 6.61 Å². The summed E-state index contributed by atoms with van der Waals surface area (Å²) in [5, 5.41) is 0. The van der Waals surface area contributed by atoms with Gasteiger partial charge < -0.3 is 15.2 Å². The van der Waals surface area contributed by atoms with E-state index >= 15 is 0 Å². The van der Waals surface area contributed by atoms with Crippen LogP contribution < -0.4 is 10.5 Å². The molecule has 1 rings (SSSR count). The fourth-order valence-corrected chi connectivity index (χ4v) is 1.03. The van der Waals surface area contributed by atoms with Crippen LogP contribution in [-0.2, 0) is 9.53 Å².